The zero-order chi connectivity index (χ0) is 14.0. The Balaban J connectivity index is 2.22. The van der Waals surface area contributed by atoms with Crippen LogP contribution in [-0.2, 0) is 9.84 Å². The van der Waals surface area contributed by atoms with Crippen molar-refractivity contribution in [1.29, 1.82) is 0 Å². The van der Waals surface area contributed by atoms with Crippen LogP contribution in [0.4, 0.5) is 4.39 Å². The number of nitrogens with zero attached hydrogens (tertiary/aromatic N) is 1. The third kappa shape index (κ3) is 4.01. The fraction of sp³-hybridized carbons (Fsp3) is 0.571. The van der Waals surface area contributed by atoms with Gasteiger partial charge in [0.1, 0.15) is 15.7 Å². The minimum absolute atomic E-state index is 0.0826. The van der Waals surface area contributed by atoms with Crippen molar-refractivity contribution in [3.05, 3.63) is 35.6 Å². The Bertz CT molecular complexity index is 527. The summed E-state index contributed by atoms with van der Waals surface area (Å²) in [6.07, 6.45) is 2.20. The SMILES string of the molecule is CN1CC[C@H](c2ccc(F)cc2)[C@@H](CS(C)(=O)=O)C1. The summed E-state index contributed by atoms with van der Waals surface area (Å²) in [4.78, 5) is 2.16. The van der Waals surface area contributed by atoms with Crippen molar-refractivity contribution < 1.29 is 12.8 Å². The topological polar surface area (TPSA) is 37.4 Å². The lowest BCUT2D eigenvalue weighted by Crippen LogP contribution is -2.40. The van der Waals surface area contributed by atoms with Crippen LogP contribution in [0.15, 0.2) is 24.3 Å². The first-order chi connectivity index (χ1) is 8.85. The highest BCUT2D eigenvalue weighted by Gasteiger charge is 2.31. The lowest BCUT2D eigenvalue weighted by molar-refractivity contribution is 0.197. The molecule has 1 aliphatic heterocycles. The molecule has 1 saturated heterocycles. The number of sulfone groups is 1. The van der Waals surface area contributed by atoms with Gasteiger partial charge in [-0.05, 0) is 49.5 Å². The van der Waals surface area contributed by atoms with E-state index in [4.69, 9.17) is 0 Å². The highest BCUT2D eigenvalue weighted by atomic mass is 32.2. The van der Waals surface area contributed by atoms with Crippen molar-refractivity contribution in [3.8, 4) is 0 Å². The van der Waals surface area contributed by atoms with Crippen molar-refractivity contribution in [2.75, 3.05) is 32.1 Å². The van der Waals surface area contributed by atoms with Gasteiger partial charge in [0.2, 0.25) is 0 Å². The Morgan fingerprint density at radius 1 is 1.32 bits per heavy atom. The average molecular weight is 285 g/mol. The van der Waals surface area contributed by atoms with Crippen molar-refractivity contribution in [1.82, 2.24) is 4.90 Å². The number of hydrogen-bond acceptors (Lipinski definition) is 3. The summed E-state index contributed by atoms with van der Waals surface area (Å²) < 4.78 is 36.1. The van der Waals surface area contributed by atoms with Gasteiger partial charge in [0.25, 0.3) is 0 Å². The summed E-state index contributed by atoms with van der Waals surface area (Å²) in [7, 11) is -0.987. The van der Waals surface area contributed by atoms with Crippen LogP contribution in [0.2, 0.25) is 0 Å². The minimum atomic E-state index is -3.00. The van der Waals surface area contributed by atoms with Gasteiger partial charge < -0.3 is 4.90 Å². The molecule has 0 spiro atoms. The maximum Gasteiger partial charge on any atom is 0.147 e. The molecule has 0 aliphatic carbocycles. The summed E-state index contributed by atoms with van der Waals surface area (Å²) >= 11 is 0. The fourth-order valence-corrected chi connectivity index (χ4v) is 4.04. The van der Waals surface area contributed by atoms with Gasteiger partial charge in [0.05, 0.1) is 5.75 Å². The average Bonchev–Trinajstić information content (AvgIpc) is 2.29. The van der Waals surface area contributed by atoms with Crippen LogP contribution >= 0.6 is 0 Å². The molecule has 106 valence electrons. The van der Waals surface area contributed by atoms with Crippen molar-refractivity contribution in [3.63, 3.8) is 0 Å². The second-order valence-electron chi connectivity index (χ2n) is 5.56. The molecule has 1 aromatic carbocycles. The lowest BCUT2D eigenvalue weighted by atomic mass is 9.81. The van der Waals surface area contributed by atoms with Gasteiger partial charge in [-0.3, -0.25) is 0 Å². The number of hydrogen-bond donors (Lipinski definition) is 0. The van der Waals surface area contributed by atoms with E-state index in [2.05, 4.69) is 4.90 Å². The molecule has 2 rings (SSSR count). The van der Waals surface area contributed by atoms with Gasteiger partial charge in [-0.15, -0.1) is 0 Å². The fourth-order valence-electron chi connectivity index (χ4n) is 2.92. The maximum absolute atomic E-state index is 13.0. The molecule has 0 N–H and O–H groups in total. The largest absolute Gasteiger partial charge is 0.306 e. The standard InChI is InChI=1S/C14H20FNO2S/c1-16-8-7-14(11-3-5-13(15)6-4-11)12(9-16)10-19(2,17)18/h3-6,12,14H,7-10H2,1-2H3/t12-,14-/m1/s1. The Hall–Kier alpha value is -0.940. The zero-order valence-corrected chi connectivity index (χ0v) is 12.2. The molecule has 1 aromatic rings. The third-order valence-electron chi connectivity index (χ3n) is 3.75. The quantitative estimate of drug-likeness (QED) is 0.851. The van der Waals surface area contributed by atoms with E-state index in [9.17, 15) is 12.8 Å². The third-order valence-corrected chi connectivity index (χ3v) is 4.79. The van der Waals surface area contributed by atoms with Crippen molar-refractivity contribution in [2.45, 2.75) is 12.3 Å². The minimum Gasteiger partial charge on any atom is -0.306 e. The predicted octanol–water partition coefficient (Wildman–Crippen LogP) is 1.91. The number of halogens is 1. The molecule has 1 heterocycles. The molecular formula is C14H20FNO2S. The molecule has 19 heavy (non-hydrogen) atoms. The first-order valence-electron chi connectivity index (χ1n) is 6.47. The monoisotopic (exact) mass is 285 g/mol. The molecule has 0 amide bonds. The summed E-state index contributed by atoms with van der Waals surface area (Å²) in [6.45, 7) is 1.72. The number of piperidine rings is 1. The molecule has 2 atom stereocenters. The van der Waals surface area contributed by atoms with Crippen LogP contribution in [0.5, 0.6) is 0 Å². The highest BCUT2D eigenvalue weighted by Crippen LogP contribution is 2.33. The van der Waals surface area contributed by atoms with Crippen LogP contribution in [0, 0.1) is 11.7 Å². The van der Waals surface area contributed by atoms with E-state index >= 15 is 0 Å². The summed E-state index contributed by atoms with van der Waals surface area (Å²) in [5.74, 6) is 0.224. The number of rotatable bonds is 3. The van der Waals surface area contributed by atoms with E-state index in [1.807, 2.05) is 7.05 Å². The lowest BCUT2D eigenvalue weighted by Gasteiger charge is -2.36. The molecule has 0 aromatic heterocycles. The molecule has 0 unspecified atom stereocenters. The second kappa shape index (κ2) is 5.59. The van der Waals surface area contributed by atoms with E-state index < -0.39 is 9.84 Å². The van der Waals surface area contributed by atoms with E-state index in [0.29, 0.717) is 0 Å². The molecule has 5 heteroatoms. The molecule has 0 saturated carbocycles. The van der Waals surface area contributed by atoms with Gasteiger partial charge in [0, 0.05) is 12.8 Å². The first kappa shape index (κ1) is 14.5. The molecule has 3 nitrogen and oxygen atoms in total. The Labute approximate surface area is 114 Å². The molecule has 0 radical (unpaired) electrons. The zero-order valence-electron chi connectivity index (χ0n) is 11.3. The predicted molar refractivity (Wildman–Crippen MR) is 74.5 cm³/mol. The van der Waals surface area contributed by atoms with Gasteiger partial charge >= 0.3 is 0 Å². The van der Waals surface area contributed by atoms with Gasteiger partial charge in [-0.25, -0.2) is 12.8 Å². The molecule has 1 aliphatic rings. The maximum atomic E-state index is 13.0. The smallest absolute Gasteiger partial charge is 0.147 e. The summed E-state index contributed by atoms with van der Waals surface area (Å²) in [5.41, 5.74) is 1.04. The van der Waals surface area contributed by atoms with Crippen LogP contribution in [0.25, 0.3) is 0 Å². The van der Waals surface area contributed by atoms with Crippen LogP contribution in [0.1, 0.15) is 17.9 Å². The van der Waals surface area contributed by atoms with Crippen LogP contribution in [-0.4, -0.2) is 45.5 Å². The normalized spacial score (nSPS) is 25.4. The second-order valence-corrected chi connectivity index (χ2v) is 7.75. The number of benzene rings is 1. The Kier molecular flexibility index (Phi) is 4.26. The van der Waals surface area contributed by atoms with E-state index in [0.717, 1.165) is 25.1 Å². The molecule has 0 bridgehead atoms. The number of likely N-dealkylation sites (tertiary alicyclic amines) is 1. The van der Waals surface area contributed by atoms with E-state index in [1.165, 1.54) is 18.4 Å². The Morgan fingerprint density at radius 2 is 1.95 bits per heavy atom. The summed E-state index contributed by atoms with van der Waals surface area (Å²) in [6, 6.07) is 6.46. The van der Waals surface area contributed by atoms with E-state index in [1.54, 1.807) is 12.1 Å². The van der Waals surface area contributed by atoms with Gasteiger partial charge in [0.15, 0.2) is 0 Å². The highest BCUT2D eigenvalue weighted by molar-refractivity contribution is 7.90. The van der Waals surface area contributed by atoms with Gasteiger partial charge in [-0.1, -0.05) is 12.1 Å². The van der Waals surface area contributed by atoms with E-state index in [-0.39, 0.29) is 23.4 Å². The molecule has 1 fully saturated rings. The van der Waals surface area contributed by atoms with Crippen LogP contribution < -0.4 is 0 Å². The summed E-state index contributed by atoms with van der Waals surface area (Å²) in [5, 5.41) is 0. The molecular weight excluding hydrogens is 265 g/mol. The Morgan fingerprint density at radius 3 is 2.53 bits per heavy atom. The first-order valence-corrected chi connectivity index (χ1v) is 8.53. The van der Waals surface area contributed by atoms with Gasteiger partial charge in [-0.2, -0.15) is 0 Å². The van der Waals surface area contributed by atoms with Crippen LogP contribution in [0.3, 0.4) is 0 Å². The van der Waals surface area contributed by atoms with Crippen molar-refractivity contribution in [2.24, 2.45) is 5.92 Å². The van der Waals surface area contributed by atoms with Crippen molar-refractivity contribution >= 4 is 9.84 Å².